The van der Waals surface area contributed by atoms with Crippen molar-refractivity contribution < 1.29 is 4.39 Å². The van der Waals surface area contributed by atoms with Crippen LogP contribution in [0.2, 0.25) is 0 Å². The van der Waals surface area contributed by atoms with E-state index in [4.69, 9.17) is 0 Å². The van der Waals surface area contributed by atoms with Gasteiger partial charge in [0.25, 0.3) is 0 Å². The summed E-state index contributed by atoms with van der Waals surface area (Å²) in [7, 11) is 0. The average molecular weight is 342 g/mol. The lowest BCUT2D eigenvalue weighted by atomic mass is 10.1. The summed E-state index contributed by atoms with van der Waals surface area (Å²) < 4.78 is 13.0. The highest BCUT2D eigenvalue weighted by molar-refractivity contribution is 5.46. The molecule has 3 rings (SSSR count). The number of rotatable bonds is 6. The molecule has 1 fully saturated rings. The lowest BCUT2D eigenvalue weighted by Crippen LogP contribution is -2.45. The van der Waals surface area contributed by atoms with E-state index < -0.39 is 0 Å². The Balaban J connectivity index is 1.52. The molecule has 1 atom stereocenters. The maximum Gasteiger partial charge on any atom is 0.141 e. The van der Waals surface area contributed by atoms with E-state index in [1.54, 1.807) is 6.07 Å². The number of nitrogens with zero attached hydrogens (tertiary/aromatic N) is 3. The van der Waals surface area contributed by atoms with Crippen LogP contribution in [-0.4, -0.2) is 47.5 Å². The van der Waals surface area contributed by atoms with Crippen molar-refractivity contribution >= 4 is 5.69 Å². The van der Waals surface area contributed by atoms with Gasteiger partial charge in [-0.15, -0.1) is 0 Å². The number of likely N-dealkylation sites (N-methyl/N-ethyl adjacent to an activating group) is 1. The van der Waals surface area contributed by atoms with Crippen LogP contribution in [0.1, 0.15) is 31.1 Å². The van der Waals surface area contributed by atoms with E-state index in [2.05, 4.69) is 51.3 Å². The number of benzene rings is 1. The smallest absolute Gasteiger partial charge is 0.141 e. The summed E-state index contributed by atoms with van der Waals surface area (Å²) in [6.07, 6.45) is 1.26. The second-order valence-electron chi connectivity index (χ2n) is 6.67. The van der Waals surface area contributed by atoms with Gasteiger partial charge in [0.05, 0.1) is 17.9 Å². The minimum Gasteiger partial charge on any atom is -0.377 e. The van der Waals surface area contributed by atoms with E-state index in [1.165, 1.54) is 30.9 Å². The molecule has 0 spiro atoms. The molecule has 0 amide bonds. The van der Waals surface area contributed by atoms with Crippen molar-refractivity contribution in [2.75, 3.05) is 38.0 Å². The zero-order valence-corrected chi connectivity index (χ0v) is 15.1. The number of aromatic nitrogens is 1. The second-order valence-corrected chi connectivity index (χ2v) is 6.67. The SMILES string of the molecule is CCN1CCN(Cc2ccc(N[C@@H](C)c3ccc(F)cn3)cc2)CC1. The second kappa shape index (κ2) is 8.41. The molecule has 1 aliphatic heterocycles. The fourth-order valence-electron chi connectivity index (χ4n) is 3.20. The van der Waals surface area contributed by atoms with Gasteiger partial charge in [0.2, 0.25) is 0 Å². The summed E-state index contributed by atoms with van der Waals surface area (Å²) >= 11 is 0. The molecule has 2 heterocycles. The fourth-order valence-corrected chi connectivity index (χ4v) is 3.20. The van der Waals surface area contributed by atoms with Gasteiger partial charge in [-0.3, -0.25) is 9.88 Å². The lowest BCUT2D eigenvalue weighted by Gasteiger charge is -2.34. The van der Waals surface area contributed by atoms with Crippen LogP contribution in [0.15, 0.2) is 42.6 Å². The van der Waals surface area contributed by atoms with Crippen LogP contribution in [-0.2, 0) is 6.54 Å². The van der Waals surface area contributed by atoms with E-state index >= 15 is 0 Å². The molecule has 2 aromatic rings. The van der Waals surface area contributed by atoms with Gasteiger partial charge in [-0.05, 0) is 43.3 Å². The van der Waals surface area contributed by atoms with Crippen molar-refractivity contribution in [3.8, 4) is 0 Å². The Morgan fingerprint density at radius 3 is 2.32 bits per heavy atom. The maximum absolute atomic E-state index is 13.0. The van der Waals surface area contributed by atoms with Gasteiger partial charge in [0, 0.05) is 38.4 Å². The van der Waals surface area contributed by atoms with E-state index in [-0.39, 0.29) is 11.9 Å². The van der Waals surface area contributed by atoms with Gasteiger partial charge in [-0.25, -0.2) is 4.39 Å². The van der Waals surface area contributed by atoms with Crippen LogP contribution in [0, 0.1) is 5.82 Å². The highest BCUT2D eigenvalue weighted by Gasteiger charge is 2.15. The topological polar surface area (TPSA) is 31.4 Å². The number of piperazine rings is 1. The molecule has 1 N–H and O–H groups in total. The number of halogens is 1. The monoisotopic (exact) mass is 342 g/mol. The summed E-state index contributed by atoms with van der Waals surface area (Å²) in [5, 5.41) is 3.42. The van der Waals surface area contributed by atoms with Crippen molar-refractivity contribution in [1.29, 1.82) is 0 Å². The number of hydrogen-bond donors (Lipinski definition) is 1. The van der Waals surface area contributed by atoms with Crippen molar-refractivity contribution in [2.24, 2.45) is 0 Å². The number of hydrogen-bond acceptors (Lipinski definition) is 4. The van der Waals surface area contributed by atoms with Crippen LogP contribution >= 0.6 is 0 Å². The third kappa shape index (κ3) is 5.00. The highest BCUT2D eigenvalue weighted by Crippen LogP contribution is 2.19. The van der Waals surface area contributed by atoms with Crippen LogP contribution in [0.5, 0.6) is 0 Å². The van der Waals surface area contributed by atoms with E-state index in [1.807, 2.05) is 6.92 Å². The minimum absolute atomic E-state index is 0.0357. The standard InChI is InChI=1S/C20H27FN4/c1-3-24-10-12-25(13-11-24)15-17-4-7-19(8-5-17)23-16(2)20-9-6-18(21)14-22-20/h4-9,14,16,23H,3,10-13,15H2,1-2H3/t16-/m0/s1. The minimum atomic E-state index is -0.305. The Morgan fingerprint density at radius 1 is 1.04 bits per heavy atom. The third-order valence-electron chi connectivity index (χ3n) is 4.85. The van der Waals surface area contributed by atoms with Gasteiger partial charge in [0.1, 0.15) is 5.82 Å². The zero-order chi connectivity index (χ0) is 17.6. The average Bonchev–Trinajstić information content (AvgIpc) is 2.64. The molecule has 0 bridgehead atoms. The molecular formula is C20H27FN4. The molecule has 0 unspecified atom stereocenters. The first-order valence-corrected chi connectivity index (χ1v) is 9.05. The first kappa shape index (κ1) is 17.8. The molecular weight excluding hydrogens is 315 g/mol. The molecule has 25 heavy (non-hydrogen) atoms. The Bertz CT molecular complexity index is 648. The molecule has 0 radical (unpaired) electrons. The number of anilines is 1. The van der Waals surface area contributed by atoms with Crippen molar-refractivity contribution in [1.82, 2.24) is 14.8 Å². The molecule has 1 aliphatic rings. The summed E-state index contributed by atoms with van der Waals surface area (Å²) in [5.41, 5.74) is 3.22. The quantitative estimate of drug-likeness (QED) is 0.870. The molecule has 0 aliphatic carbocycles. The normalized spacial score (nSPS) is 17.4. The lowest BCUT2D eigenvalue weighted by molar-refractivity contribution is 0.132. The Labute approximate surface area is 149 Å². The van der Waals surface area contributed by atoms with E-state index in [9.17, 15) is 4.39 Å². The van der Waals surface area contributed by atoms with Crippen molar-refractivity contribution in [2.45, 2.75) is 26.4 Å². The summed E-state index contributed by atoms with van der Waals surface area (Å²) in [5.74, 6) is -0.305. The molecule has 5 heteroatoms. The maximum atomic E-state index is 13.0. The fraction of sp³-hybridized carbons (Fsp3) is 0.450. The summed E-state index contributed by atoms with van der Waals surface area (Å²) in [6, 6.07) is 11.8. The number of nitrogens with one attached hydrogen (secondary N) is 1. The Kier molecular flexibility index (Phi) is 6.00. The van der Waals surface area contributed by atoms with Gasteiger partial charge in [-0.1, -0.05) is 19.1 Å². The molecule has 0 saturated carbocycles. The Hall–Kier alpha value is -1.98. The van der Waals surface area contributed by atoms with E-state index in [0.29, 0.717) is 0 Å². The summed E-state index contributed by atoms with van der Waals surface area (Å²) in [4.78, 5) is 9.14. The predicted octanol–water partition coefficient (Wildman–Crippen LogP) is 3.53. The highest BCUT2D eigenvalue weighted by atomic mass is 19.1. The third-order valence-corrected chi connectivity index (χ3v) is 4.85. The molecule has 1 saturated heterocycles. The van der Waals surface area contributed by atoms with Gasteiger partial charge in [-0.2, -0.15) is 0 Å². The van der Waals surface area contributed by atoms with Gasteiger partial charge >= 0.3 is 0 Å². The van der Waals surface area contributed by atoms with Crippen molar-refractivity contribution in [3.63, 3.8) is 0 Å². The largest absolute Gasteiger partial charge is 0.377 e. The van der Waals surface area contributed by atoms with Gasteiger partial charge < -0.3 is 10.2 Å². The van der Waals surface area contributed by atoms with Crippen LogP contribution in [0.3, 0.4) is 0 Å². The molecule has 4 nitrogen and oxygen atoms in total. The van der Waals surface area contributed by atoms with Crippen molar-refractivity contribution in [3.05, 3.63) is 59.7 Å². The van der Waals surface area contributed by atoms with E-state index in [0.717, 1.165) is 37.6 Å². The van der Waals surface area contributed by atoms with Crippen LogP contribution in [0.4, 0.5) is 10.1 Å². The van der Waals surface area contributed by atoms with Crippen LogP contribution in [0.25, 0.3) is 0 Å². The van der Waals surface area contributed by atoms with Gasteiger partial charge in [0.15, 0.2) is 0 Å². The number of pyridine rings is 1. The zero-order valence-electron chi connectivity index (χ0n) is 15.1. The Morgan fingerprint density at radius 2 is 1.72 bits per heavy atom. The predicted molar refractivity (Wildman–Crippen MR) is 100 cm³/mol. The van der Waals surface area contributed by atoms with Crippen LogP contribution < -0.4 is 5.32 Å². The molecule has 1 aromatic heterocycles. The molecule has 134 valence electrons. The molecule has 1 aromatic carbocycles. The first-order chi connectivity index (χ1) is 12.1. The summed E-state index contributed by atoms with van der Waals surface area (Å²) in [6.45, 7) is 11.0. The first-order valence-electron chi connectivity index (χ1n) is 9.05.